The van der Waals surface area contributed by atoms with E-state index in [1.54, 1.807) is 7.11 Å². The van der Waals surface area contributed by atoms with Crippen LogP contribution in [0.15, 0.2) is 45.3 Å². The molecule has 0 aliphatic carbocycles. The monoisotopic (exact) mass is 411 g/mol. The highest BCUT2D eigenvalue weighted by atomic mass is 79.9. The van der Waals surface area contributed by atoms with E-state index in [0.29, 0.717) is 0 Å². The van der Waals surface area contributed by atoms with Gasteiger partial charge in [-0.15, -0.1) is 0 Å². The Morgan fingerprint density at radius 1 is 1.24 bits per heavy atom. The van der Waals surface area contributed by atoms with Crippen LogP contribution in [0.1, 0.15) is 5.56 Å². The Kier molecular flexibility index (Phi) is 4.40. The van der Waals surface area contributed by atoms with Crippen LogP contribution in [0.2, 0.25) is 0 Å². The fourth-order valence-electron chi connectivity index (χ4n) is 2.39. The molecule has 1 unspecified atom stereocenters. The summed E-state index contributed by atoms with van der Waals surface area (Å²) in [7, 11) is 1.67. The van der Waals surface area contributed by atoms with E-state index >= 15 is 0 Å². The van der Waals surface area contributed by atoms with Crippen molar-refractivity contribution in [1.29, 1.82) is 0 Å². The maximum Gasteiger partial charge on any atom is 0.123 e. The molecule has 110 valence electrons. The summed E-state index contributed by atoms with van der Waals surface area (Å²) in [4.78, 5) is 0. The molecule has 0 radical (unpaired) electrons. The predicted octanol–water partition coefficient (Wildman–Crippen LogP) is 4.64. The molecular formula is C16H15Br2NO2. The lowest BCUT2D eigenvalue weighted by Crippen LogP contribution is -2.24. The summed E-state index contributed by atoms with van der Waals surface area (Å²) >= 11 is 7.04. The number of fused-ring (bicyclic) bond motifs is 1. The van der Waals surface area contributed by atoms with Crippen molar-refractivity contribution in [2.24, 2.45) is 0 Å². The molecule has 1 aliphatic rings. The van der Waals surface area contributed by atoms with Crippen LogP contribution in [0, 0.1) is 0 Å². The molecule has 0 bridgehead atoms. The van der Waals surface area contributed by atoms with Gasteiger partial charge in [0, 0.05) is 21.4 Å². The van der Waals surface area contributed by atoms with Crippen molar-refractivity contribution in [3.05, 3.63) is 50.9 Å². The van der Waals surface area contributed by atoms with E-state index in [-0.39, 0.29) is 6.10 Å². The van der Waals surface area contributed by atoms with Gasteiger partial charge in [0.2, 0.25) is 0 Å². The average Bonchev–Trinajstić information content (AvgIpc) is 2.88. The summed E-state index contributed by atoms with van der Waals surface area (Å²) in [5.74, 6) is 1.81. The van der Waals surface area contributed by atoms with Crippen molar-refractivity contribution in [3.63, 3.8) is 0 Å². The molecule has 0 fully saturated rings. The first kappa shape index (κ1) is 14.7. The standard InChI is InChI=1S/C16H15Br2NO2/c1-20-12-3-4-14(18)15(8-12)19-9-13-7-10-6-11(17)2-5-16(10)21-13/h2-6,8,13,19H,7,9H2,1H3. The summed E-state index contributed by atoms with van der Waals surface area (Å²) in [5.41, 5.74) is 2.26. The van der Waals surface area contributed by atoms with Gasteiger partial charge in [0.15, 0.2) is 0 Å². The molecule has 1 heterocycles. The normalized spacial score (nSPS) is 16.2. The van der Waals surface area contributed by atoms with Crippen molar-refractivity contribution < 1.29 is 9.47 Å². The number of benzene rings is 2. The van der Waals surface area contributed by atoms with Crippen molar-refractivity contribution in [2.45, 2.75) is 12.5 Å². The van der Waals surface area contributed by atoms with Crippen molar-refractivity contribution in [1.82, 2.24) is 0 Å². The highest BCUT2D eigenvalue weighted by molar-refractivity contribution is 9.10. The van der Waals surface area contributed by atoms with Gasteiger partial charge in [-0.05, 0) is 51.8 Å². The zero-order chi connectivity index (χ0) is 14.8. The van der Waals surface area contributed by atoms with Crippen molar-refractivity contribution in [2.75, 3.05) is 19.0 Å². The van der Waals surface area contributed by atoms with Crippen LogP contribution < -0.4 is 14.8 Å². The summed E-state index contributed by atoms with van der Waals surface area (Å²) in [6.07, 6.45) is 1.07. The van der Waals surface area contributed by atoms with Crippen LogP contribution in [0.4, 0.5) is 5.69 Å². The Morgan fingerprint density at radius 2 is 2.10 bits per heavy atom. The van der Waals surface area contributed by atoms with E-state index in [2.05, 4.69) is 43.2 Å². The largest absolute Gasteiger partial charge is 0.497 e. The minimum absolute atomic E-state index is 0.146. The number of anilines is 1. The number of halogens is 2. The Morgan fingerprint density at radius 3 is 2.90 bits per heavy atom. The van der Waals surface area contributed by atoms with E-state index in [1.165, 1.54) is 5.56 Å². The molecule has 21 heavy (non-hydrogen) atoms. The molecule has 0 spiro atoms. The van der Waals surface area contributed by atoms with E-state index in [1.807, 2.05) is 30.3 Å². The Bertz CT molecular complexity index is 661. The van der Waals surface area contributed by atoms with Gasteiger partial charge < -0.3 is 14.8 Å². The summed E-state index contributed by atoms with van der Waals surface area (Å²) in [6.45, 7) is 0.748. The second kappa shape index (κ2) is 6.28. The number of hydrogen-bond acceptors (Lipinski definition) is 3. The SMILES string of the molecule is COc1ccc(Br)c(NCC2Cc3cc(Br)ccc3O2)c1. The minimum atomic E-state index is 0.146. The summed E-state index contributed by atoms with van der Waals surface area (Å²) in [5, 5.41) is 3.42. The zero-order valence-corrected chi connectivity index (χ0v) is 14.7. The lowest BCUT2D eigenvalue weighted by atomic mass is 10.1. The Hall–Kier alpha value is -1.20. The first-order chi connectivity index (χ1) is 10.2. The molecule has 2 aromatic rings. The molecule has 1 atom stereocenters. The second-order valence-electron chi connectivity index (χ2n) is 4.92. The van der Waals surface area contributed by atoms with Crippen LogP contribution in [0.5, 0.6) is 11.5 Å². The topological polar surface area (TPSA) is 30.5 Å². The number of rotatable bonds is 4. The molecule has 0 amide bonds. The molecule has 3 nitrogen and oxygen atoms in total. The first-order valence-corrected chi connectivity index (χ1v) is 8.27. The quantitative estimate of drug-likeness (QED) is 0.793. The van der Waals surface area contributed by atoms with Gasteiger partial charge in [-0.3, -0.25) is 0 Å². The fraction of sp³-hybridized carbons (Fsp3) is 0.250. The second-order valence-corrected chi connectivity index (χ2v) is 6.69. The Balaban J connectivity index is 1.65. The molecular weight excluding hydrogens is 398 g/mol. The van der Waals surface area contributed by atoms with Crippen LogP contribution in [0.25, 0.3) is 0 Å². The third kappa shape index (κ3) is 3.35. The number of nitrogens with one attached hydrogen (secondary N) is 1. The van der Waals surface area contributed by atoms with Gasteiger partial charge in [-0.2, -0.15) is 0 Å². The van der Waals surface area contributed by atoms with Crippen LogP contribution in [-0.2, 0) is 6.42 Å². The number of methoxy groups -OCH3 is 1. The fourth-order valence-corrected chi connectivity index (χ4v) is 3.19. The lowest BCUT2D eigenvalue weighted by molar-refractivity contribution is 0.246. The van der Waals surface area contributed by atoms with Gasteiger partial charge in [-0.1, -0.05) is 15.9 Å². The molecule has 3 rings (SSSR count). The Labute approximate surface area is 140 Å². The first-order valence-electron chi connectivity index (χ1n) is 6.68. The highest BCUT2D eigenvalue weighted by Gasteiger charge is 2.22. The molecule has 0 aromatic heterocycles. The molecule has 1 N–H and O–H groups in total. The number of ether oxygens (including phenoxy) is 2. The molecule has 5 heteroatoms. The van der Waals surface area contributed by atoms with Gasteiger partial charge in [-0.25, -0.2) is 0 Å². The third-order valence-corrected chi connectivity index (χ3v) is 4.64. The van der Waals surface area contributed by atoms with Crippen molar-refractivity contribution in [3.8, 4) is 11.5 Å². The third-order valence-electron chi connectivity index (χ3n) is 3.46. The van der Waals surface area contributed by atoms with E-state index < -0.39 is 0 Å². The van der Waals surface area contributed by atoms with E-state index in [4.69, 9.17) is 9.47 Å². The highest BCUT2D eigenvalue weighted by Crippen LogP contribution is 2.32. The lowest BCUT2D eigenvalue weighted by Gasteiger charge is -2.14. The summed E-state index contributed by atoms with van der Waals surface area (Å²) in [6, 6.07) is 12.0. The molecule has 2 aromatic carbocycles. The maximum absolute atomic E-state index is 5.95. The average molecular weight is 413 g/mol. The van der Waals surface area contributed by atoms with Crippen molar-refractivity contribution >= 4 is 37.5 Å². The van der Waals surface area contributed by atoms with Gasteiger partial charge >= 0.3 is 0 Å². The van der Waals surface area contributed by atoms with Crippen LogP contribution in [0.3, 0.4) is 0 Å². The predicted molar refractivity (Wildman–Crippen MR) is 91.4 cm³/mol. The van der Waals surface area contributed by atoms with Gasteiger partial charge in [0.1, 0.15) is 17.6 Å². The van der Waals surface area contributed by atoms with Gasteiger partial charge in [0.05, 0.1) is 19.3 Å². The minimum Gasteiger partial charge on any atom is -0.497 e. The van der Waals surface area contributed by atoms with E-state index in [0.717, 1.165) is 39.1 Å². The smallest absolute Gasteiger partial charge is 0.123 e. The zero-order valence-electron chi connectivity index (χ0n) is 11.5. The molecule has 0 saturated carbocycles. The van der Waals surface area contributed by atoms with E-state index in [9.17, 15) is 0 Å². The summed E-state index contributed by atoms with van der Waals surface area (Å²) < 4.78 is 13.3. The van der Waals surface area contributed by atoms with Gasteiger partial charge in [0.25, 0.3) is 0 Å². The maximum atomic E-state index is 5.95. The van der Waals surface area contributed by atoms with Crippen LogP contribution >= 0.6 is 31.9 Å². The van der Waals surface area contributed by atoms with Crippen LogP contribution in [-0.4, -0.2) is 19.8 Å². The molecule has 1 aliphatic heterocycles. The molecule has 0 saturated heterocycles. The number of hydrogen-bond donors (Lipinski definition) is 1.